The number of benzene rings is 2. The standard InChI is InChI=1S/C22H30N4O.HI/c1-3-9-21(27)26-20-13-8-12-19(16-20)17-25-22(23-4-2)24-15-14-18-10-6-5-7-11-18;/h5-8,10-13,16H,3-4,9,14-15,17H2,1-2H3,(H,26,27)(H2,23,24,25);1H. The molecule has 2 aromatic rings. The van der Waals surface area contributed by atoms with Gasteiger partial charge in [0.1, 0.15) is 0 Å². The highest BCUT2D eigenvalue weighted by atomic mass is 127. The molecular formula is C22H31IN4O. The van der Waals surface area contributed by atoms with Crippen molar-refractivity contribution in [3.05, 3.63) is 65.7 Å². The van der Waals surface area contributed by atoms with Crippen LogP contribution in [0.2, 0.25) is 0 Å². The lowest BCUT2D eigenvalue weighted by molar-refractivity contribution is -0.116. The zero-order valence-electron chi connectivity index (χ0n) is 16.7. The van der Waals surface area contributed by atoms with Gasteiger partial charge in [0.05, 0.1) is 6.54 Å². The summed E-state index contributed by atoms with van der Waals surface area (Å²) in [6.07, 6.45) is 2.33. The second kappa shape index (κ2) is 14.0. The number of aliphatic imine (C=N–C) groups is 1. The highest BCUT2D eigenvalue weighted by Gasteiger charge is 2.02. The largest absolute Gasteiger partial charge is 0.357 e. The molecule has 5 nitrogen and oxygen atoms in total. The number of anilines is 1. The van der Waals surface area contributed by atoms with Crippen LogP contribution >= 0.6 is 24.0 Å². The molecule has 2 aromatic carbocycles. The normalized spacial score (nSPS) is 10.7. The molecule has 0 aliphatic rings. The molecule has 0 fully saturated rings. The molecule has 0 saturated heterocycles. The Balaban J connectivity index is 0.00000392. The maximum absolute atomic E-state index is 11.8. The number of carbonyl (C=O) groups excluding carboxylic acids is 1. The number of hydrogen-bond acceptors (Lipinski definition) is 2. The Morgan fingerprint density at radius 2 is 1.71 bits per heavy atom. The van der Waals surface area contributed by atoms with Crippen molar-refractivity contribution in [1.29, 1.82) is 0 Å². The first-order valence-corrected chi connectivity index (χ1v) is 9.66. The fourth-order valence-electron chi connectivity index (χ4n) is 2.68. The van der Waals surface area contributed by atoms with E-state index in [2.05, 4.69) is 52.1 Å². The zero-order valence-corrected chi connectivity index (χ0v) is 19.0. The van der Waals surface area contributed by atoms with Gasteiger partial charge in [-0.2, -0.15) is 0 Å². The molecular weight excluding hydrogens is 463 g/mol. The minimum Gasteiger partial charge on any atom is -0.357 e. The molecule has 0 bridgehead atoms. The van der Waals surface area contributed by atoms with Gasteiger partial charge < -0.3 is 16.0 Å². The number of guanidine groups is 1. The monoisotopic (exact) mass is 494 g/mol. The van der Waals surface area contributed by atoms with E-state index in [-0.39, 0.29) is 29.9 Å². The molecule has 0 heterocycles. The van der Waals surface area contributed by atoms with Crippen molar-refractivity contribution in [1.82, 2.24) is 10.6 Å². The molecule has 0 atom stereocenters. The topological polar surface area (TPSA) is 65.5 Å². The molecule has 0 spiro atoms. The average Bonchev–Trinajstić information content (AvgIpc) is 2.67. The Bertz CT molecular complexity index is 734. The fourth-order valence-corrected chi connectivity index (χ4v) is 2.68. The third kappa shape index (κ3) is 9.21. The van der Waals surface area contributed by atoms with Crippen molar-refractivity contribution < 1.29 is 4.79 Å². The summed E-state index contributed by atoms with van der Waals surface area (Å²) in [5, 5.41) is 9.57. The molecule has 6 heteroatoms. The van der Waals surface area contributed by atoms with Crippen LogP contribution in [0.15, 0.2) is 59.6 Å². The second-order valence-electron chi connectivity index (χ2n) is 6.36. The van der Waals surface area contributed by atoms with Gasteiger partial charge >= 0.3 is 0 Å². The van der Waals surface area contributed by atoms with Crippen molar-refractivity contribution in [2.75, 3.05) is 18.4 Å². The van der Waals surface area contributed by atoms with Crippen LogP contribution in [0.3, 0.4) is 0 Å². The molecule has 152 valence electrons. The van der Waals surface area contributed by atoms with Crippen LogP contribution in [0.25, 0.3) is 0 Å². The third-order valence-electron chi connectivity index (χ3n) is 4.00. The molecule has 0 aromatic heterocycles. The van der Waals surface area contributed by atoms with Crippen LogP contribution in [0, 0.1) is 0 Å². The Morgan fingerprint density at radius 1 is 0.964 bits per heavy atom. The lowest BCUT2D eigenvalue weighted by atomic mass is 10.1. The van der Waals surface area contributed by atoms with Gasteiger partial charge in [-0.3, -0.25) is 4.79 Å². The van der Waals surface area contributed by atoms with E-state index in [1.807, 2.05) is 37.3 Å². The lowest BCUT2D eigenvalue weighted by Gasteiger charge is -2.12. The number of halogens is 1. The van der Waals surface area contributed by atoms with E-state index in [1.54, 1.807) is 0 Å². The van der Waals surface area contributed by atoms with Gasteiger partial charge in [-0.15, -0.1) is 24.0 Å². The summed E-state index contributed by atoms with van der Waals surface area (Å²) in [6, 6.07) is 18.3. The minimum absolute atomic E-state index is 0. The van der Waals surface area contributed by atoms with Crippen LogP contribution in [0.5, 0.6) is 0 Å². The van der Waals surface area contributed by atoms with Crippen LogP contribution in [0.1, 0.15) is 37.8 Å². The first-order valence-electron chi connectivity index (χ1n) is 9.66. The maximum Gasteiger partial charge on any atom is 0.224 e. The van der Waals surface area contributed by atoms with E-state index in [1.165, 1.54) is 5.56 Å². The summed E-state index contributed by atoms with van der Waals surface area (Å²) in [7, 11) is 0. The molecule has 0 aliphatic heterocycles. The van der Waals surface area contributed by atoms with Crippen molar-refractivity contribution in [3.63, 3.8) is 0 Å². The Morgan fingerprint density at radius 3 is 2.43 bits per heavy atom. The van der Waals surface area contributed by atoms with Gasteiger partial charge in [-0.25, -0.2) is 4.99 Å². The summed E-state index contributed by atoms with van der Waals surface area (Å²) in [5.41, 5.74) is 3.18. The highest BCUT2D eigenvalue weighted by molar-refractivity contribution is 14.0. The number of nitrogens with one attached hydrogen (secondary N) is 3. The van der Waals surface area contributed by atoms with E-state index in [9.17, 15) is 4.79 Å². The van der Waals surface area contributed by atoms with E-state index >= 15 is 0 Å². The maximum atomic E-state index is 11.8. The molecule has 0 aliphatic carbocycles. The van der Waals surface area contributed by atoms with Crippen molar-refractivity contribution >= 4 is 41.5 Å². The summed E-state index contributed by atoms with van der Waals surface area (Å²) >= 11 is 0. The van der Waals surface area contributed by atoms with Gasteiger partial charge in [0, 0.05) is 25.2 Å². The van der Waals surface area contributed by atoms with Gasteiger partial charge in [0.2, 0.25) is 5.91 Å². The van der Waals surface area contributed by atoms with Crippen molar-refractivity contribution in [2.45, 2.75) is 39.7 Å². The molecule has 2 rings (SSSR count). The molecule has 3 N–H and O–H groups in total. The summed E-state index contributed by atoms with van der Waals surface area (Å²) in [4.78, 5) is 16.4. The number of carbonyl (C=O) groups is 1. The Hall–Kier alpha value is -2.09. The Labute approximate surface area is 185 Å². The predicted molar refractivity (Wildman–Crippen MR) is 128 cm³/mol. The molecule has 0 unspecified atom stereocenters. The number of rotatable bonds is 9. The second-order valence-corrected chi connectivity index (χ2v) is 6.36. The van der Waals surface area contributed by atoms with Crippen LogP contribution in [-0.2, 0) is 17.8 Å². The van der Waals surface area contributed by atoms with E-state index in [4.69, 9.17) is 0 Å². The lowest BCUT2D eigenvalue weighted by Crippen LogP contribution is -2.38. The van der Waals surface area contributed by atoms with Crippen LogP contribution in [-0.4, -0.2) is 25.0 Å². The van der Waals surface area contributed by atoms with Gasteiger partial charge in [-0.05, 0) is 43.0 Å². The van der Waals surface area contributed by atoms with Crippen molar-refractivity contribution in [3.8, 4) is 0 Å². The molecule has 0 saturated carbocycles. The highest BCUT2D eigenvalue weighted by Crippen LogP contribution is 2.12. The molecule has 0 radical (unpaired) electrons. The zero-order chi connectivity index (χ0) is 19.3. The number of amides is 1. The minimum atomic E-state index is 0. The molecule has 1 amide bonds. The van der Waals surface area contributed by atoms with Gasteiger partial charge in [0.15, 0.2) is 5.96 Å². The fraction of sp³-hybridized carbons (Fsp3) is 0.364. The van der Waals surface area contributed by atoms with Crippen LogP contribution in [0.4, 0.5) is 5.69 Å². The van der Waals surface area contributed by atoms with Crippen molar-refractivity contribution in [2.24, 2.45) is 4.99 Å². The third-order valence-corrected chi connectivity index (χ3v) is 4.00. The van der Waals surface area contributed by atoms with Gasteiger partial charge in [-0.1, -0.05) is 49.4 Å². The molecule has 28 heavy (non-hydrogen) atoms. The summed E-state index contributed by atoms with van der Waals surface area (Å²) in [6.45, 7) is 6.24. The van der Waals surface area contributed by atoms with E-state index < -0.39 is 0 Å². The first-order chi connectivity index (χ1) is 13.2. The average molecular weight is 494 g/mol. The first kappa shape index (κ1) is 23.9. The Kier molecular flexibility index (Phi) is 12.0. The van der Waals surface area contributed by atoms with E-state index in [0.29, 0.717) is 13.0 Å². The summed E-state index contributed by atoms with van der Waals surface area (Å²) in [5.74, 6) is 0.850. The van der Waals surface area contributed by atoms with Crippen LogP contribution < -0.4 is 16.0 Å². The predicted octanol–water partition coefficient (Wildman–Crippen LogP) is 4.34. The quantitative estimate of drug-likeness (QED) is 0.276. The summed E-state index contributed by atoms with van der Waals surface area (Å²) < 4.78 is 0. The smallest absolute Gasteiger partial charge is 0.224 e. The van der Waals surface area contributed by atoms with E-state index in [0.717, 1.165) is 43.1 Å². The van der Waals surface area contributed by atoms with Gasteiger partial charge in [0.25, 0.3) is 0 Å². The number of hydrogen-bond donors (Lipinski definition) is 3. The number of nitrogens with zero attached hydrogens (tertiary/aromatic N) is 1. The SMILES string of the molecule is CCCC(=O)Nc1cccc(CN=C(NCC)NCCc2ccccc2)c1.I.